The third kappa shape index (κ3) is 5.62. The molecule has 1 aliphatic rings. The quantitative estimate of drug-likeness (QED) is 0.568. The monoisotopic (exact) mass is 484 g/mol. The number of esters is 1. The van der Waals surface area contributed by atoms with Crippen LogP contribution in [-0.4, -0.2) is 43.8 Å². The summed E-state index contributed by atoms with van der Waals surface area (Å²) in [5.74, 6) is -3.37. The first-order valence-electron chi connectivity index (χ1n) is 11.4. The highest BCUT2D eigenvalue weighted by Crippen LogP contribution is 2.42. The fourth-order valence-corrected chi connectivity index (χ4v) is 5.82. The van der Waals surface area contributed by atoms with Crippen LogP contribution < -0.4 is 4.72 Å². The minimum Gasteiger partial charge on any atom is -0.462 e. The number of sulfonamides is 1. The van der Waals surface area contributed by atoms with Crippen LogP contribution in [0.4, 0.5) is 0 Å². The molecule has 0 radical (unpaired) electrons. The lowest BCUT2D eigenvalue weighted by atomic mass is 9.73. The van der Waals surface area contributed by atoms with E-state index in [0.717, 1.165) is 16.3 Å². The number of allylic oxidation sites excluding steroid dienone is 2. The topological polar surface area (TPSA) is 102 Å². The molecule has 34 heavy (non-hydrogen) atoms. The van der Waals surface area contributed by atoms with Gasteiger partial charge in [-0.05, 0) is 57.9 Å². The van der Waals surface area contributed by atoms with Crippen LogP contribution in [-0.2, 0) is 24.3 Å². The molecule has 0 bridgehead atoms. The molecule has 0 fully saturated rings. The summed E-state index contributed by atoms with van der Waals surface area (Å²) in [5.41, 5.74) is 1.92. The smallest absolute Gasteiger partial charge is 0.315 e. The molecule has 0 aliphatic carbocycles. The minimum atomic E-state index is -3.87. The molecular formula is C26H32N2O5S. The number of rotatable bonds is 8. The van der Waals surface area contributed by atoms with Gasteiger partial charge in [-0.1, -0.05) is 42.5 Å². The molecular weight excluding hydrogens is 452 g/mol. The zero-order chi connectivity index (χ0) is 25.2. The molecule has 0 saturated heterocycles. The van der Waals surface area contributed by atoms with Crippen LogP contribution in [0.5, 0.6) is 0 Å². The van der Waals surface area contributed by atoms with Crippen LogP contribution in [0, 0.1) is 5.92 Å². The maximum atomic E-state index is 13.5. The van der Waals surface area contributed by atoms with E-state index in [1.807, 2.05) is 42.5 Å². The van der Waals surface area contributed by atoms with Crippen LogP contribution in [0.15, 0.2) is 58.7 Å². The van der Waals surface area contributed by atoms with Gasteiger partial charge >= 0.3 is 5.97 Å². The second-order valence-corrected chi connectivity index (χ2v) is 11.0. The molecule has 3 rings (SSSR count). The molecule has 2 aromatic rings. The van der Waals surface area contributed by atoms with E-state index in [1.165, 1.54) is 0 Å². The maximum Gasteiger partial charge on any atom is 0.315 e. The van der Waals surface area contributed by atoms with Gasteiger partial charge in [0.1, 0.15) is 11.7 Å². The number of aliphatic imine (C=N–C) groups is 1. The Morgan fingerprint density at radius 3 is 2.32 bits per heavy atom. The van der Waals surface area contributed by atoms with Gasteiger partial charge in [0.05, 0.1) is 6.10 Å². The van der Waals surface area contributed by atoms with Gasteiger partial charge in [-0.25, -0.2) is 13.1 Å². The summed E-state index contributed by atoms with van der Waals surface area (Å²) in [6, 6.07) is 13.1. The van der Waals surface area contributed by atoms with Gasteiger partial charge < -0.3 is 4.74 Å². The molecule has 0 amide bonds. The molecule has 2 atom stereocenters. The summed E-state index contributed by atoms with van der Waals surface area (Å²) < 4.78 is 33.2. The van der Waals surface area contributed by atoms with E-state index in [2.05, 4.69) is 9.71 Å². The summed E-state index contributed by atoms with van der Waals surface area (Å²) in [6.07, 6.45) is -0.352. The summed E-state index contributed by atoms with van der Waals surface area (Å²) >= 11 is 0. The zero-order valence-electron chi connectivity index (χ0n) is 20.5. The standard InChI is InChI=1S/C26H32N2O5S/c1-15(2)28-34(31,32)14-22(29)23-17(5)27-18(6)24(26(30)33-16(3)4)25(23)21-13-9-11-19-10-7-8-12-20(19)21/h7-13,15-16,24-25,28H,14H2,1-6H3. The molecule has 182 valence electrons. The van der Waals surface area contributed by atoms with E-state index >= 15 is 0 Å². The summed E-state index contributed by atoms with van der Waals surface area (Å²) in [5, 5.41) is 1.84. The lowest BCUT2D eigenvalue weighted by Crippen LogP contribution is -2.40. The molecule has 0 saturated carbocycles. The average Bonchev–Trinajstić information content (AvgIpc) is 2.70. The van der Waals surface area contributed by atoms with Gasteiger partial charge in [0, 0.05) is 28.9 Å². The molecule has 1 aliphatic heterocycles. The van der Waals surface area contributed by atoms with Crippen LogP contribution in [0.2, 0.25) is 0 Å². The number of Topliss-reactive ketones (excluding diaryl/α,β-unsaturated/α-hetero) is 1. The normalized spacial score (nSPS) is 19.0. The fourth-order valence-electron chi connectivity index (χ4n) is 4.52. The number of carbonyl (C=O) groups is 2. The highest BCUT2D eigenvalue weighted by atomic mass is 32.2. The van der Waals surface area contributed by atoms with Gasteiger partial charge in [-0.15, -0.1) is 0 Å². The summed E-state index contributed by atoms with van der Waals surface area (Å²) in [6.45, 7) is 10.3. The fraction of sp³-hybridized carbons (Fsp3) is 0.423. The van der Waals surface area contributed by atoms with E-state index in [0.29, 0.717) is 11.4 Å². The van der Waals surface area contributed by atoms with Crippen LogP contribution in [0.25, 0.3) is 10.8 Å². The van der Waals surface area contributed by atoms with Crippen molar-refractivity contribution in [2.45, 2.75) is 59.6 Å². The number of ketones is 1. The number of fused-ring (bicyclic) bond motifs is 1. The maximum absolute atomic E-state index is 13.5. The van der Waals surface area contributed by atoms with Crippen LogP contribution in [0.3, 0.4) is 0 Å². The van der Waals surface area contributed by atoms with Crippen LogP contribution in [0.1, 0.15) is 53.0 Å². The first kappa shape index (κ1) is 25.8. The van der Waals surface area contributed by atoms with Crippen molar-refractivity contribution < 1.29 is 22.7 Å². The molecule has 2 aromatic carbocycles. The Labute approximate surface area is 201 Å². The Kier molecular flexibility index (Phi) is 7.73. The van der Waals surface area contributed by atoms with Gasteiger partial charge in [0.2, 0.25) is 10.0 Å². The van der Waals surface area contributed by atoms with Crippen molar-refractivity contribution in [3.05, 3.63) is 59.3 Å². The van der Waals surface area contributed by atoms with Gasteiger partial charge in [-0.2, -0.15) is 0 Å². The SMILES string of the molecule is CC1=NC(C)=C(C(=O)CS(=O)(=O)NC(C)C)C(c2cccc3ccccc23)C1C(=O)OC(C)C. The highest BCUT2D eigenvalue weighted by Gasteiger charge is 2.43. The lowest BCUT2D eigenvalue weighted by Gasteiger charge is -2.33. The third-order valence-corrected chi connectivity index (χ3v) is 7.10. The van der Waals surface area contributed by atoms with Crippen molar-refractivity contribution in [2.75, 3.05) is 5.75 Å². The lowest BCUT2D eigenvalue weighted by molar-refractivity contribution is -0.150. The zero-order valence-corrected chi connectivity index (χ0v) is 21.3. The first-order chi connectivity index (χ1) is 15.9. The summed E-state index contributed by atoms with van der Waals surface area (Å²) in [4.78, 5) is 31.3. The number of ether oxygens (including phenoxy) is 1. The number of nitrogens with zero attached hydrogens (tertiary/aromatic N) is 1. The second kappa shape index (κ2) is 10.2. The number of nitrogens with one attached hydrogen (secondary N) is 1. The van der Waals surface area contributed by atoms with E-state index in [9.17, 15) is 18.0 Å². The minimum absolute atomic E-state index is 0.224. The molecule has 0 spiro atoms. The Bertz CT molecular complexity index is 1270. The third-order valence-electron chi connectivity index (χ3n) is 5.63. The van der Waals surface area contributed by atoms with Crippen LogP contribution >= 0.6 is 0 Å². The van der Waals surface area contributed by atoms with Crippen molar-refractivity contribution in [2.24, 2.45) is 10.9 Å². The molecule has 8 heteroatoms. The predicted octanol–water partition coefficient (Wildman–Crippen LogP) is 4.14. The van der Waals surface area contributed by atoms with E-state index in [4.69, 9.17) is 4.74 Å². The number of benzene rings is 2. The predicted molar refractivity (Wildman–Crippen MR) is 134 cm³/mol. The van der Waals surface area contributed by atoms with E-state index < -0.39 is 39.4 Å². The van der Waals surface area contributed by atoms with Crippen molar-refractivity contribution in [3.8, 4) is 0 Å². The Morgan fingerprint density at radius 2 is 1.68 bits per heavy atom. The average molecular weight is 485 g/mol. The Morgan fingerprint density at radius 1 is 1.03 bits per heavy atom. The molecule has 0 aromatic heterocycles. The highest BCUT2D eigenvalue weighted by molar-refractivity contribution is 7.90. The largest absolute Gasteiger partial charge is 0.462 e. The molecule has 1 heterocycles. The van der Waals surface area contributed by atoms with Crippen molar-refractivity contribution >= 4 is 38.3 Å². The molecule has 7 nitrogen and oxygen atoms in total. The van der Waals surface area contributed by atoms with Crippen molar-refractivity contribution in [1.29, 1.82) is 0 Å². The molecule has 1 N–H and O–H groups in total. The van der Waals surface area contributed by atoms with Crippen molar-refractivity contribution in [1.82, 2.24) is 4.72 Å². The van der Waals surface area contributed by atoms with Gasteiger partial charge in [0.15, 0.2) is 5.78 Å². The number of carbonyl (C=O) groups excluding carboxylic acids is 2. The Hall–Kier alpha value is -2.84. The number of hydrogen-bond donors (Lipinski definition) is 1. The van der Waals surface area contributed by atoms with Gasteiger partial charge in [-0.3, -0.25) is 14.6 Å². The Balaban J connectivity index is 2.21. The van der Waals surface area contributed by atoms with E-state index in [-0.39, 0.29) is 17.7 Å². The second-order valence-electron chi connectivity index (χ2n) is 9.22. The van der Waals surface area contributed by atoms with Gasteiger partial charge in [0.25, 0.3) is 0 Å². The first-order valence-corrected chi connectivity index (χ1v) is 13.0. The summed E-state index contributed by atoms with van der Waals surface area (Å²) in [7, 11) is -3.87. The van der Waals surface area contributed by atoms with E-state index in [1.54, 1.807) is 41.5 Å². The molecule has 2 unspecified atom stereocenters. The number of hydrogen-bond acceptors (Lipinski definition) is 6. The van der Waals surface area contributed by atoms with Crippen molar-refractivity contribution in [3.63, 3.8) is 0 Å².